The van der Waals surface area contributed by atoms with E-state index in [-0.39, 0.29) is 11.7 Å². The van der Waals surface area contributed by atoms with Crippen LogP contribution in [0.4, 0.5) is 10.1 Å². The maximum atomic E-state index is 12.9. The number of amides is 1. The highest BCUT2D eigenvalue weighted by molar-refractivity contribution is 6.04. The van der Waals surface area contributed by atoms with Gasteiger partial charge in [-0.3, -0.25) is 4.79 Å². The Morgan fingerprint density at radius 3 is 2.12 bits per heavy atom. The lowest BCUT2D eigenvalue weighted by Gasteiger charge is -2.08. The Balaban J connectivity index is 1.57. The van der Waals surface area contributed by atoms with Crippen molar-refractivity contribution >= 4 is 11.6 Å². The van der Waals surface area contributed by atoms with Crippen molar-refractivity contribution in [2.75, 3.05) is 12.4 Å². The quantitative estimate of drug-likeness (QED) is 0.702. The number of anilines is 1. The van der Waals surface area contributed by atoms with Crippen molar-refractivity contribution in [1.29, 1.82) is 0 Å². The highest BCUT2D eigenvalue weighted by Crippen LogP contribution is 2.17. The summed E-state index contributed by atoms with van der Waals surface area (Å²) in [5.74, 6) is 0.826. The van der Waals surface area contributed by atoms with Crippen LogP contribution in [-0.4, -0.2) is 13.0 Å². The van der Waals surface area contributed by atoms with Crippen molar-refractivity contribution in [2.24, 2.45) is 0 Å². The zero-order valence-corrected chi connectivity index (χ0v) is 14.2. The highest BCUT2D eigenvalue weighted by Gasteiger charge is 2.06. The van der Waals surface area contributed by atoms with Crippen LogP contribution in [0.3, 0.4) is 0 Å². The largest absolute Gasteiger partial charge is 0.497 e. The van der Waals surface area contributed by atoms with E-state index >= 15 is 0 Å². The van der Waals surface area contributed by atoms with E-state index < -0.39 is 0 Å². The molecule has 0 unspecified atom stereocenters. The molecular formula is C21H18FNO3. The van der Waals surface area contributed by atoms with Crippen LogP contribution in [0.15, 0.2) is 72.8 Å². The molecule has 0 radical (unpaired) electrons. The van der Waals surface area contributed by atoms with Crippen molar-refractivity contribution in [3.63, 3.8) is 0 Å². The summed E-state index contributed by atoms with van der Waals surface area (Å²) in [6.07, 6.45) is 0. The van der Waals surface area contributed by atoms with E-state index in [1.54, 1.807) is 55.6 Å². The number of methoxy groups -OCH3 is 1. The first-order valence-electron chi connectivity index (χ1n) is 8.07. The van der Waals surface area contributed by atoms with Gasteiger partial charge in [0.2, 0.25) is 0 Å². The van der Waals surface area contributed by atoms with Gasteiger partial charge < -0.3 is 14.8 Å². The van der Waals surface area contributed by atoms with Gasteiger partial charge in [-0.15, -0.1) is 0 Å². The van der Waals surface area contributed by atoms with Crippen LogP contribution in [0.2, 0.25) is 0 Å². The molecule has 1 amide bonds. The molecule has 0 aliphatic carbocycles. The van der Waals surface area contributed by atoms with Gasteiger partial charge in [0, 0.05) is 11.3 Å². The normalized spacial score (nSPS) is 10.2. The summed E-state index contributed by atoms with van der Waals surface area (Å²) >= 11 is 0. The van der Waals surface area contributed by atoms with Gasteiger partial charge in [-0.25, -0.2) is 4.39 Å². The Labute approximate surface area is 151 Å². The third kappa shape index (κ3) is 4.60. The molecule has 0 fully saturated rings. The topological polar surface area (TPSA) is 47.6 Å². The van der Waals surface area contributed by atoms with Gasteiger partial charge in [0.05, 0.1) is 7.11 Å². The zero-order chi connectivity index (χ0) is 18.4. The summed E-state index contributed by atoms with van der Waals surface area (Å²) in [5, 5.41) is 2.83. The average molecular weight is 351 g/mol. The maximum Gasteiger partial charge on any atom is 0.255 e. The number of rotatable bonds is 6. The number of carbonyl (C=O) groups excluding carboxylic acids is 1. The van der Waals surface area contributed by atoms with Gasteiger partial charge in [-0.2, -0.15) is 0 Å². The van der Waals surface area contributed by atoms with E-state index in [0.29, 0.717) is 23.6 Å². The summed E-state index contributed by atoms with van der Waals surface area (Å²) in [4.78, 5) is 12.3. The Hall–Kier alpha value is -3.34. The van der Waals surface area contributed by atoms with Crippen molar-refractivity contribution in [3.8, 4) is 11.5 Å². The lowest BCUT2D eigenvalue weighted by Crippen LogP contribution is -2.11. The monoisotopic (exact) mass is 351 g/mol. The molecule has 0 bridgehead atoms. The predicted molar refractivity (Wildman–Crippen MR) is 98.1 cm³/mol. The minimum absolute atomic E-state index is 0.193. The van der Waals surface area contributed by atoms with Crippen LogP contribution in [-0.2, 0) is 6.61 Å². The van der Waals surface area contributed by atoms with E-state index in [2.05, 4.69) is 5.32 Å². The second-order valence-corrected chi connectivity index (χ2v) is 5.62. The standard InChI is InChI=1S/C21H18FNO3/c1-25-19-12-8-18(9-13-19)23-21(24)16-4-2-15(3-5-16)14-26-20-10-6-17(22)7-11-20/h2-13H,14H2,1H3,(H,23,24). The molecule has 0 aromatic heterocycles. The van der Waals surface area contributed by atoms with Crippen molar-refractivity contribution < 1.29 is 18.7 Å². The molecular weight excluding hydrogens is 333 g/mol. The molecule has 0 aliphatic rings. The number of hydrogen-bond acceptors (Lipinski definition) is 3. The lowest BCUT2D eigenvalue weighted by atomic mass is 10.1. The van der Waals surface area contributed by atoms with Gasteiger partial charge in [0.15, 0.2) is 0 Å². The van der Waals surface area contributed by atoms with Gasteiger partial charge in [-0.05, 0) is 66.2 Å². The van der Waals surface area contributed by atoms with Crippen LogP contribution < -0.4 is 14.8 Å². The SMILES string of the molecule is COc1ccc(NC(=O)c2ccc(COc3ccc(F)cc3)cc2)cc1. The number of benzene rings is 3. The van der Waals surface area contributed by atoms with Crippen LogP contribution in [0.25, 0.3) is 0 Å². The fourth-order valence-electron chi connectivity index (χ4n) is 2.33. The van der Waals surface area contributed by atoms with Gasteiger partial charge in [0.25, 0.3) is 5.91 Å². The molecule has 3 aromatic carbocycles. The number of hydrogen-bond donors (Lipinski definition) is 1. The summed E-state index contributed by atoms with van der Waals surface area (Å²) in [6, 6.07) is 20.1. The average Bonchev–Trinajstić information content (AvgIpc) is 2.68. The third-order valence-electron chi connectivity index (χ3n) is 3.78. The fraction of sp³-hybridized carbons (Fsp3) is 0.0952. The minimum Gasteiger partial charge on any atom is -0.497 e. The van der Waals surface area contributed by atoms with E-state index in [4.69, 9.17) is 9.47 Å². The van der Waals surface area contributed by atoms with E-state index in [1.807, 2.05) is 12.1 Å². The van der Waals surface area contributed by atoms with Crippen molar-refractivity contribution in [3.05, 3.63) is 89.7 Å². The second kappa shape index (κ2) is 8.16. The first-order valence-corrected chi connectivity index (χ1v) is 8.07. The third-order valence-corrected chi connectivity index (χ3v) is 3.78. The van der Waals surface area contributed by atoms with E-state index in [0.717, 1.165) is 11.3 Å². The van der Waals surface area contributed by atoms with Gasteiger partial charge >= 0.3 is 0 Å². The predicted octanol–water partition coefficient (Wildman–Crippen LogP) is 4.67. The van der Waals surface area contributed by atoms with Crippen molar-refractivity contribution in [2.45, 2.75) is 6.61 Å². The molecule has 26 heavy (non-hydrogen) atoms. The molecule has 3 aromatic rings. The number of nitrogens with one attached hydrogen (secondary N) is 1. The molecule has 0 aliphatic heterocycles. The number of ether oxygens (including phenoxy) is 2. The molecule has 5 heteroatoms. The molecule has 4 nitrogen and oxygen atoms in total. The summed E-state index contributed by atoms with van der Waals surface area (Å²) in [6.45, 7) is 0.339. The highest BCUT2D eigenvalue weighted by atomic mass is 19.1. The van der Waals surface area contributed by atoms with E-state index in [1.165, 1.54) is 12.1 Å². The van der Waals surface area contributed by atoms with Crippen LogP contribution in [0, 0.1) is 5.82 Å². The Kier molecular flexibility index (Phi) is 5.49. The van der Waals surface area contributed by atoms with Crippen LogP contribution in [0.5, 0.6) is 11.5 Å². The van der Waals surface area contributed by atoms with Crippen LogP contribution in [0.1, 0.15) is 15.9 Å². The van der Waals surface area contributed by atoms with E-state index in [9.17, 15) is 9.18 Å². The minimum atomic E-state index is -0.301. The first kappa shape index (κ1) is 17.5. The Morgan fingerprint density at radius 1 is 0.885 bits per heavy atom. The van der Waals surface area contributed by atoms with Gasteiger partial charge in [-0.1, -0.05) is 12.1 Å². The molecule has 0 saturated carbocycles. The van der Waals surface area contributed by atoms with Crippen LogP contribution >= 0.6 is 0 Å². The molecule has 0 heterocycles. The smallest absolute Gasteiger partial charge is 0.255 e. The summed E-state index contributed by atoms with van der Waals surface area (Å²) in [7, 11) is 1.59. The molecule has 3 rings (SSSR count). The Bertz CT molecular complexity index is 859. The molecule has 0 atom stereocenters. The first-order chi connectivity index (χ1) is 12.6. The summed E-state index contributed by atoms with van der Waals surface area (Å²) in [5.41, 5.74) is 2.15. The molecule has 132 valence electrons. The maximum absolute atomic E-state index is 12.9. The molecule has 0 spiro atoms. The number of carbonyl (C=O) groups is 1. The lowest BCUT2D eigenvalue weighted by molar-refractivity contribution is 0.102. The molecule has 1 N–H and O–H groups in total. The fourth-order valence-corrected chi connectivity index (χ4v) is 2.33. The van der Waals surface area contributed by atoms with Gasteiger partial charge in [0.1, 0.15) is 23.9 Å². The molecule has 0 saturated heterocycles. The summed E-state index contributed by atoms with van der Waals surface area (Å²) < 4.78 is 23.5. The van der Waals surface area contributed by atoms with Crippen molar-refractivity contribution in [1.82, 2.24) is 0 Å². The zero-order valence-electron chi connectivity index (χ0n) is 14.2. The Morgan fingerprint density at radius 2 is 1.50 bits per heavy atom. The number of halogens is 1. The second-order valence-electron chi connectivity index (χ2n) is 5.62.